The zero-order valence-corrected chi connectivity index (χ0v) is 19.3. The van der Waals surface area contributed by atoms with Gasteiger partial charge in [-0.2, -0.15) is 0 Å². The highest BCUT2D eigenvalue weighted by Gasteiger charge is 2.51. The lowest BCUT2D eigenvalue weighted by atomic mass is 9.94. The number of ether oxygens (including phenoxy) is 4. The molecule has 1 aliphatic rings. The summed E-state index contributed by atoms with van der Waals surface area (Å²) in [6, 6.07) is 0. The number of aliphatic hydroxyl groups excluding tert-OH is 2. The lowest BCUT2D eigenvalue weighted by Crippen LogP contribution is -2.62. The maximum Gasteiger partial charge on any atom is 0.311 e. The van der Waals surface area contributed by atoms with Crippen molar-refractivity contribution in [1.29, 1.82) is 0 Å². The first-order chi connectivity index (χ1) is 13.4. The van der Waals surface area contributed by atoms with Gasteiger partial charge in [0.25, 0.3) is 0 Å². The first-order valence-electron chi connectivity index (χ1n) is 9.96. The van der Waals surface area contributed by atoms with Crippen molar-refractivity contribution in [3.05, 3.63) is 0 Å². The van der Waals surface area contributed by atoms with Crippen LogP contribution in [0.3, 0.4) is 0 Å². The molecule has 0 aromatic carbocycles. The van der Waals surface area contributed by atoms with Crippen LogP contribution in [0.1, 0.15) is 62.3 Å². The Hall–Kier alpha value is -1.71. The second-order valence-electron chi connectivity index (χ2n) is 10.6. The van der Waals surface area contributed by atoms with Crippen molar-refractivity contribution in [2.45, 2.75) is 93.0 Å². The minimum Gasteiger partial charge on any atom is -0.462 e. The lowest BCUT2D eigenvalue weighted by Gasteiger charge is -2.42. The van der Waals surface area contributed by atoms with Crippen LogP contribution in [0.25, 0.3) is 0 Å². The smallest absolute Gasteiger partial charge is 0.311 e. The zero-order chi connectivity index (χ0) is 23.7. The summed E-state index contributed by atoms with van der Waals surface area (Å²) in [6.45, 7) is 14.3. The SMILES string of the molecule is CC(C)(C)C(=O)OC[C@H]1O[C@H](O)[C@H](OC(=O)C(C)(C)C)[C@@H](OC(=O)C(C)(C)C)[C@H]1O. The van der Waals surface area contributed by atoms with Gasteiger partial charge in [-0.15, -0.1) is 0 Å². The Labute approximate surface area is 178 Å². The van der Waals surface area contributed by atoms with E-state index in [1.54, 1.807) is 62.3 Å². The third-order valence-corrected chi connectivity index (χ3v) is 4.34. The van der Waals surface area contributed by atoms with E-state index in [9.17, 15) is 24.6 Å². The van der Waals surface area contributed by atoms with Crippen molar-refractivity contribution in [3.63, 3.8) is 0 Å². The largest absolute Gasteiger partial charge is 0.462 e. The molecule has 9 heteroatoms. The Morgan fingerprint density at radius 2 is 1.13 bits per heavy atom. The Balaban J connectivity index is 3.09. The molecule has 1 heterocycles. The normalized spacial score (nSPS) is 27.9. The Morgan fingerprint density at radius 3 is 1.53 bits per heavy atom. The molecule has 0 amide bonds. The summed E-state index contributed by atoms with van der Waals surface area (Å²) in [5, 5.41) is 21.2. The van der Waals surface area contributed by atoms with Gasteiger partial charge in [0.1, 0.15) is 18.8 Å². The Bertz CT molecular complexity index is 636. The monoisotopic (exact) mass is 432 g/mol. The molecule has 0 saturated carbocycles. The van der Waals surface area contributed by atoms with Gasteiger partial charge in [-0.05, 0) is 62.3 Å². The van der Waals surface area contributed by atoms with E-state index in [1.165, 1.54) is 0 Å². The van der Waals surface area contributed by atoms with Crippen molar-refractivity contribution in [1.82, 2.24) is 0 Å². The van der Waals surface area contributed by atoms with Gasteiger partial charge in [-0.3, -0.25) is 14.4 Å². The van der Waals surface area contributed by atoms with Gasteiger partial charge in [0.05, 0.1) is 16.2 Å². The minimum atomic E-state index is -1.70. The summed E-state index contributed by atoms with van der Waals surface area (Å²) in [7, 11) is 0. The minimum absolute atomic E-state index is 0.377. The van der Waals surface area contributed by atoms with E-state index in [1.807, 2.05) is 0 Å². The molecule has 5 atom stereocenters. The van der Waals surface area contributed by atoms with E-state index < -0.39 is 64.9 Å². The molecule has 0 bridgehead atoms. The van der Waals surface area contributed by atoms with E-state index >= 15 is 0 Å². The summed E-state index contributed by atoms with van der Waals surface area (Å²) in [6.07, 6.45) is -7.26. The fourth-order valence-electron chi connectivity index (χ4n) is 2.28. The van der Waals surface area contributed by atoms with Crippen LogP contribution >= 0.6 is 0 Å². The molecule has 1 saturated heterocycles. The van der Waals surface area contributed by atoms with Crippen LogP contribution < -0.4 is 0 Å². The molecule has 0 aromatic heterocycles. The molecule has 30 heavy (non-hydrogen) atoms. The molecular formula is C21H36O9. The average Bonchev–Trinajstić information content (AvgIpc) is 2.56. The van der Waals surface area contributed by atoms with Crippen LogP contribution in [0, 0.1) is 16.2 Å². The molecule has 1 rings (SSSR count). The van der Waals surface area contributed by atoms with Crippen molar-refractivity contribution in [2.75, 3.05) is 6.61 Å². The standard InChI is InChI=1S/C21H36O9/c1-19(2,3)16(24)27-10-11-12(22)13(29-17(25)20(4,5)6)14(15(23)28-11)30-18(26)21(7,8)9/h11-15,22-23H,10H2,1-9H3/t11-,12+,13+,14-,15+/m1/s1. The number of esters is 3. The van der Waals surface area contributed by atoms with Crippen molar-refractivity contribution in [3.8, 4) is 0 Å². The molecule has 174 valence electrons. The topological polar surface area (TPSA) is 129 Å². The van der Waals surface area contributed by atoms with E-state index in [0.717, 1.165) is 0 Å². The zero-order valence-electron chi connectivity index (χ0n) is 19.3. The van der Waals surface area contributed by atoms with Gasteiger partial charge in [-0.25, -0.2) is 0 Å². The summed E-state index contributed by atoms with van der Waals surface area (Å²) in [4.78, 5) is 36.8. The molecule has 1 aliphatic heterocycles. The fraction of sp³-hybridized carbons (Fsp3) is 0.857. The quantitative estimate of drug-likeness (QED) is 0.502. The second kappa shape index (κ2) is 9.20. The molecule has 0 unspecified atom stereocenters. The van der Waals surface area contributed by atoms with Crippen LogP contribution in [0.2, 0.25) is 0 Å². The Morgan fingerprint density at radius 1 is 0.733 bits per heavy atom. The van der Waals surface area contributed by atoms with Crippen molar-refractivity contribution in [2.24, 2.45) is 16.2 Å². The fourth-order valence-corrected chi connectivity index (χ4v) is 2.28. The maximum absolute atomic E-state index is 12.4. The maximum atomic E-state index is 12.4. The van der Waals surface area contributed by atoms with Crippen LogP contribution in [0.15, 0.2) is 0 Å². The summed E-state index contributed by atoms with van der Waals surface area (Å²) >= 11 is 0. The molecule has 0 spiro atoms. The summed E-state index contributed by atoms with van der Waals surface area (Å²) in [5.41, 5.74) is -2.58. The van der Waals surface area contributed by atoms with Crippen molar-refractivity contribution >= 4 is 17.9 Å². The van der Waals surface area contributed by atoms with Gasteiger partial charge >= 0.3 is 17.9 Å². The molecule has 9 nitrogen and oxygen atoms in total. The average molecular weight is 433 g/mol. The highest BCUT2D eigenvalue weighted by atomic mass is 16.7. The third kappa shape index (κ3) is 6.92. The molecule has 1 fully saturated rings. The highest BCUT2D eigenvalue weighted by molar-refractivity contribution is 5.77. The molecule has 2 N–H and O–H groups in total. The number of carbonyl (C=O) groups excluding carboxylic acids is 3. The van der Waals surface area contributed by atoms with E-state index in [4.69, 9.17) is 18.9 Å². The van der Waals surface area contributed by atoms with Gasteiger partial charge in [0.15, 0.2) is 18.5 Å². The van der Waals surface area contributed by atoms with Crippen molar-refractivity contribution < 1.29 is 43.5 Å². The first kappa shape index (κ1) is 26.3. The molecular weight excluding hydrogens is 396 g/mol. The first-order valence-corrected chi connectivity index (χ1v) is 9.96. The van der Waals surface area contributed by atoms with Crippen LogP contribution in [0.5, 0.6) is 0 Å². The van der Waals surface area contributed by atoms with E-state index in [0.29, 0.717) is 0 Å². The third-order valence-electron chi connectivity index (χ3n) is 4.34. The van der Waals surface area contributed by atoms with Gasteiger partial charge in [-0.1, -0.05) is 0 Å². The van der Waals surface area contributed by atoms with Gasteiger partial charge in [0.2, 0.25) is 0 Å². The molecule has 0 aromatic rings. The highest BCUT2D eigenvalue weighted by Crippen LogP contribution is 2.30. The van der Waals surface area contributed by atoms with Gasteiger partial charge in [0, 0.05) is 0 Å². The van der Waals surface area contributed by atoms with Crippen LogP contribution in [-0.2, 0) is 33.3 Å². The predicted molar refractivity (Wildman–Crippen MR) is 106 cm³/mol. The molecule has 0 aliphatic carbocycles. The number of carbonyl (C=O) groups is 3. The second-order valence-corrected chi connectivity index (χ2v) is 10.6. The summed E-state index contributed by atoms with van der Waals surface area (Å²) < 4.78 is 21.3. The lowest BCUT2D eigenvalue weighted by molar-refractivity contribution is -0.297. The van der Waals surface area contributed by atoms with Crippen LogP contribution in [0.4, 0.5) is 0 Å². The molecule has 0 radical (unpaired) electrons. The van der Waals surface area contributed by atoms with Gasteiger partial charge < -0.3 is 29.2 Å². The van der Waals surface area contributed by atoms with Crippen LogP contribution in [-0.4, -0.2) is 65.4 Å². The van der Waals surface area contributed by atoms with E-state index in [-0.39, 0.29) is 6.61 Å². The number of aliphatic hydroxyl groups is 2. The number of hydrogen-bond donors (Lipinski definition) is 2. The number of hydrogen-bond acceptors (Lipinski definition) is 9. The summed E-state index contributed by atoms with van der Waals surface area (Å²) in [5.74, 6) is -1.86. The predicted octanol–water partition coefficient (Wildman–Crippen LogP) is 1.57. The van der Waals surface area contributed by atoms with E-state index in [2.05, 4.69) is 0 Å². The number of rotatable bonds is 4. The Kier molecular flexibility index (Phi) is 8.07.